The fourth-order valence-electron chi connectivity index (χ4n) is 7.53. The highest BCUT2D eigenvalue weighted by Gasteiger charge is 2.55. The van der Waals surface area contributed by atoms with Crippen LogP contribution in [0.5, 0.6) is 0 Å². The monoisotopic (exact) mass is 427 g/mol. The summed E-state index contributed by atoms with van der Waals surface area (Å²) in [5.74, 6) is 3.17. The number of carbonyl (C=O) groups excluding carboxylic acids is 2. The number of nitrogens with zero attached hydrogens (tertiary/aromatic N) is 5. The van der Waals surface area contributed by atoms with Crippen molar-refractivity contribution >= 4 is 11.8 Å². The van der Waals surface area contributed by atoms with Crippen LogP contribution in [0.4, 0.5) is 0 Å². The van der Waals surface area contributed by atoms with Gasteiger partial charge in [-0.05, 0) is 88.9 Å². The molecule has 1 atom stereocenters. The Hall–Kier alpha value is -1.92. The van der Waals surface area contributed by atoms with Gasteiger partial charge in [-0.15, -0.1) is 5.10 Å². The number of hydrogen-bond donors (Lipinski definition) is 0. The van der Waals surface area contributed by atoms with Gasteiger partial charge in [-0.25, -0.2) is 0 Å². The zero-order chi connectivity index (χ0) is 21.6. The molecule has 1 aromatic heterocycles. The zero-order valence-corrected chi connectivity index (χ0v) is 19.1. The summed E-state index contributed by atoms with van der Waals surface area (Å²) in [6, 6.07) is 0. The Morgan fingerprint density at radius 2 is 1.74 bits per heavy atom. The van der Waals surface area contributed by atoms with Crippen LogP contribution >= 0.6 is 0 Å². The average Bonchev–Trinajstić information content (AvgIpc) is 3.21. The number of likely N-dealkylation sites (tertiary alicyclic amines) is 1. The third kappa shape index (κ3) is 3.89. The molecule has 31 heavy (non-hydrogen) atoms. The molecular formula is C24H37N5O2. The lowest BCUT2D eigenvalue weighted by molar-refractivity contribution is -0.159. The molecule has 7 nitrogen and oxygen atoms in total. The molecule has 4 aliphatic carbocycles. The molecule has 5 aliphatic rings. The number of piperidine rings is 1. The summed E-state index contributed by atoms with van der Waals surface area (Å²) in [4.78, 5) is 30.2. The quantitative estimate of drug-likeness (QED) is 0.699. The summed E-state index contributed by atoms with van der Waals surface area (Å²) in [5, 5.41) is 8.34. The number of aromatic nitrogens is 3. The van der Waals surface area contributed by atoms with Gasteiger partial charge in [0.05, 0.1) is 11.6 Å². The van der Waals surface area contributed by atoms with E-state index in [0.29, 0.717) is 30.6 Å². The first kappa shape index (κ1) is 21.0. The molecule has 0 aromatic carbocycles. The Kier molecular flexibility index (Phi) is 5.55. The smallest absolute Gasteiger partial charge is 0.276 e. The molecule has 6 rings (SSSR count). The fraction of sp³-hybridized carbons (Fsp3) is 0.833. The van der Waals surface area contributed by atoms with Crippen molar-refractivity contribution in [1.29, 1.82) is 0 Å². The Balaban J connectivity index is 1.22. The fourth-order valence-corrected chi connectivity index (χ4v) is 7.53. The Morgan fingerprint density at radius 3 is 2.35 bits per heavy atom. The summed E-state index contributed by atoms with van der Waals surface area (Å²) in [6.07, 6.45) is 11.5. The predicted octanol–water partition coefficient (Wildman–Crippen LogP) is 3.22. The maximum Gasteiger partial charge on any atom is 0.276 e. The van der Waals surface area contributed by atoms with Crippen LogP contribution in [0.1, 0.15) is 75.7 Å². The van der Waals surface area contributed by atoms with E-state index >= 15 is 0 Å². The molecule has 2 heterocycles. The maximum absolute atomic E-state index is 13.7. The number of rotatable bonds is 6. The van der Waals surface area contributed by atoms with Crippen molar-refractivity contribution in [2.75, 3.05) is 26.2 Å². The third-order valence-electron chi connectivity index (χ3n) is 8.55. The van der Waals surface area contributed by atoms with E-state index in [2.05, 4.69) is 15.2 Å². The minimum Gasteiger partial charge on any atom is -0.342 e. The highest BCUT2D eigenvalue weighted by Crippen LogP contribution is 2.60. The Morgan fingerprint density at radius 1 is 1.10 bits per heavy atom. The second-order valence-electron chi connectivity index (χ2n) is 10.8. The van der Waals surface area contributed by atoms with Crippen molar-refractivity contribution < 1.29 is 9.59 Å². The van der Waals surface area contributed by atoms with Gasteiger partial charge in [-0.1, -0.05) is 5.21 Å². The van der Waals surface area contributed by atoms with Gasteiger partial charge in [-0.3, -0.25) is 14.3 Å². The van der Waals surface area contributed by atoms with Crippen LogP contribution in [0.3, 0.4) is 0 Å². The highest BCUT2D eigenvalue weighted by atomic mass is 16.2. The average molecular weight is 428 g/mol. The Bertz CT molecular complexity index is 794. The second kappa shape index (κ2) is 8.21. The Labute approximate surface area is 185 Å². The van der Waals surface area contributed by atoms with Gasteiger partial charge in [0.25, 0.3) is 5.91 Å². The molecular weight excluding hydrogens is 390 g/mol. The molecule has 7 heteroatoms. The van der Waals surface area contributed by atoms with E-state index in [1.165, 1.54) is 19.3 Å². The molecule has 1 aromatic rings. The van der Waals surface area contributed by atoms with Crippen LogP contribution in [-0.4, -0.2) is 62.8 Å². The van der Waals surface area contributed by atoms with Crippen molar-refractivity contribution in [2.45, 2.75) is 71.8 Å². The van der Waals surface area contributed by atoms with Gasteiger partial charge in [-0.2, -0.15) is 0 Å². The molecule has 4 bridgehead atoms. The van der Waals surface area contributed by atoms with Gasteiger partial charge >= 0.3 is 0 Å². The first-order valence-corrected chi connectivity index (χ1v) is 12.5. The second-order valence-corrected chi connectivity index (χ2v) is 10.8. The minimum atomic E-state index is -0.0569. The minimum absolute atomic E-state index is 0.0484. The van der Waals surface area contributed by atoms with E-state index in [-0.39, 0.29) is 11.3 Å². The van der Waals surface area contributed by atoms with E-state index in [0.717, 1.165) is 69.5 Å². The van der Waals surface area contributed by atoms with Crippen LogP contribution in [0, 0.1) is 29.1 Å². The molecule has 0 unspecified atom stereocenters. The summed E-state index contributed by atoms with van der Waals surface area (Å²) in [6.45, 7) is 7.74. The van der Waals surface area contributed by atoms with Crippen LogP contribution in [0.15, 0.2) is 6.20 Å². The molecule has 2 amide bonds. The molecule has 0 radical (unpaired) electrons. The number of amides is 2. The molecule has 1 aliphatic heterocycles. The van der Waals surface area contributed by atoms with Gasteiger partial charge in [0, 0.05) is 32.7 Å². The topological polar surface area (TPSA) is 71.3 Å². The molecule has 0 spiro atoms. The standard InChI is InChI=1S/C24H37N5O2/c1-3-27(4-2)22(30)21-16-29(26-25-21)15-17-6-5-7-28(14-17)23(31)24-11-18-8-19(12-24)10-20(9-18)13-24/h16-20H,3-15H2,1-2H3/t17-,18?,19?,20?,24?/m1/s1. The van der Waals surface area contributed by atoms with Gasteiger partial charge in [0.15, 0.2) is 5.69 Å². The third-order valence-corrected chi connectivity index (χ3v) is 8.55. The van der Waals surface area contributed by atoms with Gasteiger partial charge in [0.2, 0.25) is 5.91 Å². The zero-order valence-electron chi connectivity index (χ0n) is 19.1. The first-order valence-electron chi connectivity index (χ1n) is 12.5. The maximum atomic E-state index is 13.7. The normalized spacial score (nSPS) is 34.2. The van der Waals surface area contributed by atoms with Crippen molar-refractivity contribution in [1.82, 2.24) is 24.8 Å². The number of hydrogen-bond acceptors (Lipinski definition) is 4. The van der Waals surface area contributed by atoms with Crippen LogP contribution in [0.2, 0.25) is 0 Å². The first-order chi connectivity index (χ1) is 15.0. The highest BCUT2D eigenvalue weighted by molar-refractivity contribution is 5.91. The molecule has 170 valence electrons. The predicted molar refractivity (Wildman–Crippen MR) is 117 cm³/mol. The van der Waals surface area contributed by atoms with E-state index in [9.17, 15) is 9.59 Å². The summed E-state index contributed by atoms with van der Waals surface area (Å²) in [5.41, 5.74) is 0.369. The van der Waals surface area contributed by atoms with Crippen LogP contribution < -0.4 is 0 Å². The largest absolute Gasteiger partial charge is 0.342 e. The van der Waals surface area contributed by atoms with E-state index < -0.39 is 0 Å². The summed E-state index contributed by atoms with van der Waals surface area (Å²) < 4.78 is 1.81. The van der Waals surface area contributed by atoms with Gasteiger partial charge < -0.3 is 9.80 Å². The van der Waals surface area contributed by atoms with Crippen LogP contribution in [0.25, 0.3) is 0 Å². The van der Waals surface area contributed by atoms with Crippen molar-refractivity contribution in [3.8, 4) is 0 Å². The molecule has 5 fully saturated rings. The van der Waals surface area contributed by atoms with Gasteiger partial charge in [0.1, 0.15) is 0 Å². The lowest BCUT2D eigenvalue weighted by Gasteiger charge is -2.57. The molecule has 1 saturated heterocycles. The SMILES string of the molecule is CCN(CC)C(=O)c1cn(C[C@@H]2CCCN(C(=O)C34CC5CC(CC(C5)C3)C4)C2)nn1. The molecule has 0 N–H and O–H groups in total. The lowest BCUT2D eigenvalue weighted by Crippen LogP contribution is -2.56. The van der Waals surface area contributed by atoms with Crippen molar-refractivity contribution in [2.24, 2.45) is 29.1 Å². The van der Waals surface area contributed by atoms with E-state index in [4.69, 9.17) is 0 Å². The lowest BCUT2D eigenvalue weighted by atomic mass is 9.49. The van der Waals surface area contributed by atoms with E-state index in [1.807, 2.05) is 13.8 Å². The van der Waals surface area contributed by atoms with Crippen molar-refractivity contribution in [3.63, 3.8) is 0 Å². The van der Waals surface area contributed by atoms with Crippen molar-refractivity contribution in [3.05, 3.63) is 11.9 Å². The van der Waals surface area contributed by atoms with Crippen LogP contribution in [-0.2, 0) is 11.3 Å². The van der Waals surface area contributed by atoms with E-state index in [1.54, 1.807) is 15.8 Å². The number of carbonyl (C=O) groups is 2. The summed E-state index contributed by atoms with van der Waals surface area (Å²) in [7, 11) is 0. The molecule has 4 saturated carbocycles. The summed E-state index contributed by atoms with van der Waals surface area (Å²) >= 11 is 0.